The van der Waals surface area contributed by atoms with Crippen molar-refractivity contribution in [3.63, 3.8) is 0 Å². The Kier molecular flexibility index (Phi) is 3.79. The third-order valence-corrected chi connectivity index (χ3v) is 4.39. The first kappa shape index (κ1) is 12.5. The third-order valence-electron chi connectivity index (χ3n) is 3.56. The van der Waals surface area contributed by atoms with E-state index in [0.29, 0.717) is 0 Å². The van der Waals surface area contributed by atoms with E-state index in [1.807, 2.05) is 6.92 Å². The molecule has 1 aliphatic rings. The number of piperidine rings is 1. The third kappa shape index (κ3) is 2.66. The van der Waals surface area contributed by atoms with Crippen LogP contribution in [-0.2, 0) is 4.79 Å². The molecule has 17 heavy (non-hydrogen) atoms. The van der Waals surface area contributed by atoms with Crippen LogP contribution in [0.5, 0.6) is 0 Å². The molecule has 0 saturated carbocycles. The Bertz CT molecular complexity index is 396. The van der Waals surface area contributed by atoms with Crippen LogP contribution in [0.15, 0.2) is 6.20 Å². The molecule has 0 bridgehead atoms. The van der Waals surface area contributed by atoms with E-state index in [4.69, 9.17) is 0 Å². The highest BCUT2D eigenvalue weighted by atomic mass is 32.1. The quantitative estimate of drug-likeness (QED) is 0.868. The fraction of sp³-hybridized carbons (Fsp3) is 0.667. The predicted octanol–water partition coefficient (Wildman–Crippen LogP) is 2.17. The van der Waals surface area contributed by atoms with Crippen molar-refractivity contribution < 1.29 is 4.79 Å². The van der Waals surface area contributed by atoms with E-state index < -0.39 is 0 Å². The van der Waals surface area contributed by atoms with Crippen LogP contribution in [0.3, 0.4) is 0 Å². The van der Waals surface area contributed by atoms with E-state index in [1.165, 1.54) is 11.3 Å². The maximum absolute atomic E-state index is 12.4. The standard InChI is InChI=1S/C12H19N3OS/c1-3-12(4-6-13-7-5-12)10(16)15-11-14-8-9(2)17-11/h8,13H,3-7H2,1-2H3,(H,14,15,16). The normalized spacial score (nSPS) is 18.9. The molecular weight excluding hydrogens is 234 g/mol. The Labute approximate surface area is 106 Å². The minimum absolute atomic E-state index is 0.135. The van der Waals surface area contributed by atoms with Gasteiger partial charge in [-0.15, -0.1) is 11.3 Å². The number of anilines is 1. The van der Waals surface area contributed by atoms with Gasteiger partial charge in [-0.05, 0) is 39.3 Å². The highest BCUT2D eigenvalue weighted by molar-refractivity contribution is 7.15. The zero-order valence-corrected chi connectivity index (χ0v) is 11.2. The van der Waals surface area contributed by atoms with E-state index in [2.05, 4.69) is 22.5 Å². The fourth-order valence-electron chi connectivity index (χ4n) is 2.29. The largest absolute Gasteiger partial charge is 0.317 e. The molecule has 1 fully saturated rings. The van der Waals surface area contributed by atoms with Crippen LogP contribution in [0.1, 0.15) is 31.1 Å². The molecule has 1 aromatic heterocycles. The van der Waals surface area contributed by atoms with Crippen molar-refractivity contribution in [1.29, 1.82) is 0 Å². The van der Waals surface area contributed by atoms with Gasteiger partial charge in [-0.2, -0.15) is 0 Å². The molecule has 0 aromatic carbocycles. The van der Waals surface area contributed by atoms with Gasteiger partial charge in [-0.25, -0.2) is 4.98 Å². The number of aryl methyl sites for hydroxylation is 1. The first-order chi connectivity index (χ1) is 8.16. The van der Waals surface area contributed by atoms with E-state index in [0.717, 1.165) is 42.4 Å². The van der Waals surface area contributed by atoms with Crippen LogP contribution in [-0.4, -0.2) is 24.0 Å². The number of hydrogen-bond acceptors (Lipinski definition) is 4. The smallest absolute Gasteiger partial charge is 0.232 e. The van der Waals surface area contributed by atoms with Crippen LogP contribution in [0.2, 0.25) is 0 Å². The van der Waals surface area contributed by atoms with Crippen LogP contribution in [0, 0.1) is 12.3 Å². The average Bonchev–Trinajstić information content (AvgIpc) is 2.75. The lowest BCUT2D eigenvalue weighted by Crippen LogP contribution is -2.44. The lowest BCUT2D eigenvalue weighted by atomic mass is 9.76. The van der Waals surface area contributed by atoms with Crippen LogP contribution in [0.4, 0.5) is 5.13 Å². The Hall–Kier alpha value is -0.940. The van der Waals surface area contributed by atoms with E-state index in [1.54, 1.807) is 6.20 Å². The topological polar surface area (TPSA) is 54.0 Å². The fourth-order valence-corrected chi connectivity index (χ4v) is 2.95. The van der Waals surface area contributed by atoms with Crippen molar-refractivity contribution in [3.8, 4) is 0 Å². The molecule has 0 unspecified atom stereocenters. The van der Waals surface area contributed by atoms with Gasteiger partial charge in [-0.1, -0.05) is 6.92 Å². The zero-order valence-electron chi connectivity index (χ0n) is 10.4. The second-order valence-corrected chi connectivity index (χ2v) is 5.85. The Morgan fingerprint density at radius 2 is 2.29 bits per heavy atom. The van der Waals surface area contributed by atoms with Crippen molar-refractivity contribution in [1.82, 2.24) is 10.3 Å². The maximum atomic E-state index is 12.4. The molecule has 0 aliphatic carbocycles. The summed E-state index contributed by atoms with van der Waals surface area (Å²) in [5.41, 5.74) is -0.204. The molecule has 4 nitrogen and oxygen atoms in total. The highest BCUT2D eigenvalue weighted by Crippen LogP contribution is 2.34. The van der Waals surface area contributed by atoms with Crippen molar-refractivity contribution in [2.45, 2.75) is 33.1 Å². The van der Waals surface area contributed by atoms with Gasteiger partial charge in [0.1, 0.15) is 0 Å². The van der Waals surface area contributed by atoms with Crippen molar-refractivity contribution in [2.24, 2.45) is 5.41 Å². The Balaban J connectivity index is 2.07. The number of amides is 1. The minimum atomic E-state index is -0.204. The van der Waals surface area contributed by atoms with Gasteiger partial charge >= 0.3 is 0 Å². The molecule has 0 radical (unpaired) electrons. The lowest BCUT2D eigenvalue weighted by Gasteiger charge is -2.34. The molecule has 0 spiro atoms. The Morgan fingerprint density at radius 1 is 1.59 bits per heavy atom. The summed E-state index contributed by atoms with van der Waals surface area (Å²) in [4.78, 5) is 17.7. The molecule has 2 rings (SSSR count). The number of nitrogens with zero attached hydrogens (tertiary/aromatic N) is 1. The van der Waals surface area contributed by atoms with Gasteiger partial charge in [0.05, 0.1) is 5.41 Å². The second kappa shape index (κ2) is 5.14. The van der Waals surface area contributed by atoms with E-state index in [9.17, 15) is 4.79 Å². The first-order valence-corrected chi connectivity index (χ1v) is 6.92. The monoisotopic (exact) mass is 253 g/mol. The maximum Gasteiger partial charge on any atom is 0.232 e. The molecular formula is C12H19N3OS. The summed E-state index contributed by atoms with van der Waals surface area (Å²) in [7, 11) is 0. The summed E-state index contributed by atoms with van der Waals surface area (Å²) in [6.45, 7) is 5.95. The first-order valence-electron chi connectivity index (χ1n) is 6.11. The highest BCUT2D eigenvalue weighted by Gasteiger charge is 2.37. The summed E-state index contributed by atoms with van der Waals surface area (Å²) < 4.78 is 0. The summed E-state index contributed by atoms with van der Waals surface area (Å²) in [5.74, 6) is 0.135. The predicted molar refractivity (Wildman–Crippen MR) is 70.3 cm³/mol. The van der Waals surface area contributed by atoms with E-state index >= 15 is 0 Å². The summed E-state index contributed by atoms with van der Waals surface area (Å²) in [5, 5.41) is 6.99. The number of rotatable bonds is 3. The molecule has 1 saturated heterocycles. The summed E-state index contributed by atoms with van der Waals surface area (Å²) in [6.07, 6.45) is 4.52. The summed E-state index contributed by atoms with van der Waals surface area (Å²) >= 11 is 1.53. The molecule has 1 aromatic rings. The number of carbonyl (C=O) groups excluding carboxylic acids is 1. The average molecular weight is 253 g/mol. The minimum Gasteiger partial charge on any atom is -0.317 e. The number of aromatic nitrogens is 1. The van der Waals surface area contributed by atoms with Crippen molar-refractivity contribution in [3.05, 3.63) is 11.1 Å². The zero-order chi connectivity index (χ0) is 12.3. The van der Waals surface area contributed by atoms with Crippen molar-refractivity contribution >= 4 is 22.4 Å². The van der Waals surface area contributed by atoms with Crippen LogP contribution >= 0.6 is 11.3 Å². The van der Waals surface area contributed by atoms with Crippen LogP contribution < -0.4 is 10.6 Å². The lowest BCUT2D eigenvalue weighted by molar-refractivity contribution is -0.127. The second-order valence-electron chi connectivity index (χ2n) is 4.61. The molecule has 1 amide bonds. The van der Waals surface area contributed by atoms with Gasteiger partial charge in [0, 0.05) is 11.1 Å². The number of nitrogens with one attached hydrogen (secondary N) is 2. The molecule has 5 heteroatoms. The molecule has 0 atom stereocenters. The van der Waals surface area contributed by atoms with Gasteiger partial charge in [0.25, 0.3) is 0 Å². The molecule has 94 valence electrons. The number of hydrogen-bond donors (Lipinski definition) is 2. The number of carbonyl (C=O) groups is 1. The number of thiazole rings is 1. The van der Waals surface area contributed by atoms with Crippen LogP contribution in [0.25, 0.3) is 0 Å². The molecule has 1 aliphatic heterocycles. The summed E-state index contributed by atoms with van der Waals surface area (Å²) in [6, 6.07) is 0. The van der Waals surface area contributed by atoms with Crippen molar-refractivity contribution in [2.75, 3.05) is 18.4 Å². The van der Waals surface area contributed by atoms with E-state index in [-0.39, 0.29) is 11.3 Å². The SMILES string of the molecule is CCC1(C(=O)Nc2ncc(C)s2)CCNCC1. The van der Waals surface area contributed by atoms with Gasteiger partial charge < -0.3 is 10.6 Å². The van der Waals surface area contributed by atoms with Gasteiger partial charge in [0.2, 0.25) is 5.91 Å². The van der Waals surface area contributed by atoms with Gasteiger partial charge in [0.15, 0.2) is 5.13 Å². The van der Waals surface area contributed by atoms with Gasteiger partial charge in [-0.3, -0.25) is 4.79 Å². The molecule has 2 heterocycles. The Morgan fingerprint density at radius 3 is 2.82 bits per heavy atom. The molecule has 2 N–H and O–H groups in total.